The van der Waals surface area contributed by atoms with Crippen LogP contribution >= 0.6 is 22.9 Å². The molecule has 1 aromatic heterocycles. The van der Waals surface area contributed by atoms with E-state index in [0.29, 0.717) is 17.4 Å². The van der Waals surface area contributed by atoms with Crippen LogP contribution in [0.1, 0.15) is 27.7 Å². The van der Waals surface area contributed by atoms with Crippen LogP contribution in [0.2, 0.25) is 4.34 Å². The van der Waals surface area contributed by atoms with Gasteiger partial charge in [-0.25, -0.2) is 16.8 Å². The third-order valence-electron chi connectivity index (χ3n) is 3.71. The third-order valence-corrected chi connectivity index (χ3v) is 8.85. The summed E-state index contributed by atoms with van der Waals surface area (Å²) >= 11 is 6.74. The van der Waals surface area contributed by atoms with Crippen LogP contribution in [0.4, 0.5) is 5.69 Å². The van der Waals surface area contributed by atoms with Gasteiger partial charge in [-0.05, 0) is 44.2 Å². The maximum atomic E-state index is 12.8. The molecule has 2 aromatic rings. The molecule has 0 saturated carbocycles. The third kappa shape index (κ3) is 5.18. The minimum absolute atomic E-state index is 0.0185. The van der Waals surface area contributed by atoms with Crippen LogP contribution in [0.3, 0.4) is 0 Å². The van der Waals surface area contributed by atoms with Crippen molar-refractivity contribution in [2.45, 2.75) is 42.9 Å². The molecule has 1 N–H and O–H groups in total. The van der Waals surface area contributed by atoms with E-state index in [4.69, 9.17) is 16.3 Å². The molecule has 0 unspecified atom stereocenters. The van der Waals surface area contributed by atoms with Crippen LogP contribution < -0.4 is 9.46 Å². The Morgan fingerprint density at radius 2 is 1.75 bits per heavy atom. The van der Waals surface area contributed by atoms with E-state index in [1.165, 1.54) is 34.6 Å². The second-order valence-electron chi connectivity index (χ2n) is 6.08. The first kappa shape index (κ1) is 23.0. The lowest BCUT2D eigenvalue weighted by Gasteiger charge is -2.20. The van der Waals surface area contributed by atoms with E-state index in [1.54, 1.807) is 27.7 Å². The Labute approximate surface area is 175 Å². The van der Waals surface area contributed by atoms with Gasteiger partial charge in [0.15, 0.2) is 0 Å². The first-order chi connectivity index (χ1) is 13.0. The summed E-state index contributed by atoms with van der Waals surface area (Å²) in [4.78, 5) is -0.0192. The van der Waals surface area contributed by atoms with Crippen molar-refractivity contribution >= 4 is 48.7 Å². The highest BCUT2D eigenvalue weighted by Crippen LogP contribution is 2.33. The normalized spacial score (nSPS) is 12.5. The fraction of sp³-hybridized carbons (Fsp3) is 0.412. The molecule has 0 bridgehead atoms. The Kier molecular flexibility index (Phi) is 7.38. The summed E-state index contributed by atoms with van der Waals surface area (Å²) < 4.78 is 60.7. The quantitative estimate of drug-likeness (QED) is 0.602. The molecule has 0 saturated heterocycles. The number of rotatable bonds is 9. The summed E-state index contributed by atoms with van der Waals surface area (Å²) in [6.07, 6.45) is -0.232. The number of ether oxygens (including phenoxy) is 1. The average molecular weight is 467 g/mol. The van der Waals surface area contributed by atoms with Crippen molar-refractivity contribution in [3.63, 3.8) is 0 Å². The zero-order valence-electron chi connectivity index (χ0n) is 16.0. The number of anilines is 1. The van der Waals surface area contributed by atoms with Gasteiger partial charge in [-0.1, -0.05) is 25.4 Å². The standard InChI is InChI=1S/C17H23ClN2O5S3/c1-5-20(6-2)28(23,24)13-7-8-15(25-12(3)4)14(11-13)19-27(21,22)17-10-9-16(18)26-17/h7-12,19H,5-6H2,1-4H3. The largest absolute Gasteiger partial charge is 0.489 e. The molecule has 0 atom stereocenters. The second-order valence-corrected chi connectivity index (χ2v) is 11.6. The smallest absolute Gasteiger partial charge is 0.271 e. The number of sulfonamides is 2. The van der Waals surface area contributed by atoms with Crippen LogP contribution in [0.15, 0.2) is 39.4 Å². The van der Waals surface area contributed by atoms with Gasteiger partial charge in [0.05, 0.1) is 21.0 Å². The van der Waals surface area contributed by atoms with E-state index in [9.17, 15) is 16.8 Å². The Morgan fingerprint density at radius 1 is 1.11 bits per heavy atom. The number of hydrogen-bond acceptors (Lipinski definition) is 6. The van der Waals surface area contributed by atoms with Gasteiger partial charge in [0.25, 0.3) is 10.0 Å². The molecule has 2 rings (SSSR count). The fourth-order valence-electron chi connectivity index (χ4n) is 2.46. The Morgan fingerprint density at radius 3 is 2.25 bits per heavy atom. The number of halogens is 1. The minimum Gasteiger partial charge on any atom is -0.489 e. The molecule has 28 heavy (non-hydrogen) atoms. The van der Waals surface area contributed by atoms with E-state index >= 15 is 0 Å². The lowest BCUT2D eigenvalue weighted by molar-refractivity contribution is 0.243. The van der Waals surface area contributed by atoms with Crippen LogP contribution in [-0.2, 0) is 20.0 Å². The highest BCUT2D eigenvalue weighted by atomic mass is 35.5. The van der Waals surface area contributed by atoms with Crippen LogP contribution in [0, 0.1) is 0 Å². The summed E-state index contributed by atoms with van der Waals surface area (Å²) in [5.74, 6) is 0.236. The molecule has 0 spiro atoms. The summed E-state index contributed by atoms with van der Waals surface area (Å²) in [6.45, 7) is 7.66. The molecule has 0 aliphatic carbocycles. The van der Waals surface area contributed by atoms with Gasteiger partial charge in [-0.3, -0.25) is 4.72 Å². The van der Waals surface area contributed by atoms with Crippen molar-refractivity contribution in [1.29, 1.82) is 0 Å². The second kappa shape index (κ2) is 9.00. The van der Waals surface area contributed by atoms with Crippen molar-refractivity contribution in [2.75, 3.05) is 17.8 Å². The van der Waals surface area contributed by atoms with Crippen LogP contribution in [0.25, 0.3) is 0 Å². The van der Waals surface area contributed by atoms with Gasteiger partial charge >= 0.3 is 0 Å². The fourth-order valence-corrected chi connectivity index (χ4v) is 6.48. The first-order valence-electron chi connectivity index (χ1n) is 8.60. The number of benzene rings is 1. The molecule has 1 heterocycles. The van der Waals surface area contributed by atoms with Gasteiger partial charge in [0.1, 0.15) is 9.96 Å². The predicted molar refractivity (Wildman–Crippen MR) is 112 cm³/mol. The van der Waals surface area contributed by atoms with Crippen molar-refractivity contribution in [3.05, 3.63) is 34.7 Å². The monoisotopic (exact) mass is 466 g/mol. The molecule has 0 amide bonds. The zero-order chi connectivity index (χ0) is 21.1. The Balaban J connectivity index is 2.53. The SMILES string of the molecule is CCN(CC)S(=O)(=O)c1ccc(OC(C)C)c(NS(=O)(=O)c2ccc(Cl)s2)c1. The van der Waals surface area contributed by atoms with Crippen molar-refractivity contribution in [2.24, 2.45) is 0 Å². The maximum absolute atomic E-state index is 12.8. The topological polar surface area (TPSA) is 92.8 Å². The lowest BCUT2D eigenvalue weighted by atomic mass is 10.3. The van der Waals surface area contributed by atoms with Gasteiger partial charge in [-0.15, -0.1) is 11.3 Å². The van der Waals surface area contributed by atoms with E-state index < -0.39 is 20.0 Å². The Hall–Kier alpha value is -1.33. The summed E-state index contributed by atoms with van der Waals surface area (Å²) in [7, 11) is -7.71. The highest BCUT2D eigenvalue weighted by molar-refractivity contribution is 7.94. The average Bonchev–Trinajstić information content (AvgIpc) is 3.04. The van der Waals surface area contributed by atoms with Crippen molar-refractivity contribution in [3.8, 4) is 5.75 Å². The summed E-state index contributed by atoms with van der Waals surface area (Å²) in [5, 5.41) is 0. The zero-order valence-corrected chi connectivity index (χ0v) is 19.2. The van der Waals surface area contributed by atoms with Crippen molar-refractivity contribution < 1.29 is 21.6 Å². The number of nitrogens with one attached hydrogen (secondary N) is 1. The Bertz CT molecular complexity index is 1030. The van der Waals surface area contributed by atoms with E-state index in [1.807, 2.05) is 0 Å². The van der Waals surface area contributed by atoms with Crippen LogP contribution in [0.5, 0.6) is 5.75 Å². The number of thiophene rings is 1. The highest BCUT2D eigenvalue weighted by Gasteiger charge is 2.25. The molecule has 0 aliphatic rings. The molecule has 156 valence electrons. The summed E-state index contributed by atoms with van der Waals surface area (Å²) in [6, 6.07) is 7.00. The molecule has 7 nitrogen and oxygen atoms in total. The molecule has 11 heteroatoms. The van der Waals surface area contributed by atoms with E-state index in [2.05, 4.69) is 4.72 Å². The van der Waals surface area contributed by atoms with Gasteiger partial charge < -0.3 is 4.74 Å². The lowest BCUT2D eigenvalue weighted by Crippen LogP contribution is -2.30. The molecular weight excluding hydrogens is 444 g/mol. The number of nitrogens with zero attached hydrogens (tertiary/aromatic N) is 1. The molecule has 0 fully saturated rings. The molecule has 1 aromatic carbocycles. The molecule has 0 aliphatic heterocycles. The van der Waals surface area contributed by atoms with E-state index in [0.717, 1.165) is 11.3 Å². The minimum atomic E-state index is -3.95. The maximum Gasteiger partial charge on any atom is 0.271 e. The number of hydrogen-bond donors (Lipinski definition) is 1. The predicted octanol–water partition coefficient (Wildman–Crippen LogP) is 4.02. The van der Waals surface area contributed by atoms with Crippen LogP contribution in [-0.4, -0.2) is 40.3 Å². The van der Waals surface area contributed by atoms with Crippen molar-refractivity contribution in [1.82, 2.24) is 4.31 Å². The molecule has 0 radical (unpaired) electrons. The first-order valence-corrected chi connectivity index (χ1v) is 12.7. The van der Waals surface area contributed by atoms with Gasteiger partial charge in [-0.2, -0.15) is 4.31 Å². The van der Waals surface area contributed by atoms with Gasteiger partial charge in [0.2, 0.25) is 10.0 Å². The van der Waals surface area contributed by atoms with Gasteiger partial charge in [0, 0.05) is 13.1 Å². The molecular formula is C17H23ClN2O5S3. The summed E-state index contributed by atoms with van der Waals surface area (Å²) in [5.41, 5.74) is 0.0476. The van der Waals surface area contributed by atoms with E-state index in [-0.39, 0.29) is 26.6 Å².